The maximum Gasteiger partial charge on any atom is 0.231 e. The minimum absolute atomic E-state index is 0.0199. The first-order valence-electron chi connectivity index (χ1n) is 8.76. The molecule has 0 spiro atoms. The molecule has 0 bridgehead atoms. The third-order valence-electron chi connectivity index (χ3n) is 4.74. The Labute approximate surface area is 148 Å². The van der Waals surface area contributed by atoms with Crippen molar-refractivity contribution in [2.24, 2.45) is 0 Å². The summed E-state index contributed by atoms with van der Waals surface area (Å²) in [5.74, 6) is -0.264. The number of rotatable bonds is 5. The van der Waals surface area contributed by atoms with Crippen molar-refractivity contribution < 1.29 is 9.53 Å². The van der Waals surface area contributed by atoms with E-state index < -0.39 is 0 Å². The standard InChI is InChI=1S/C19H26N4O2/c1-13(18-14(2)21-22-15(18)3)19(24)20-17-6-4-16(5-7-17)12-23-8-10-25-11-9-23/h4-7,13H,8-12H2,1-3H3,(H,20,24)(H,21,22). The van der Waals surface area contributed by atoms with Crippen molar-refractivity contribution >= 4 is 11.6 Å². The highest BCUT2D eigenvalue weighted by Gasteiger charge is 2.21. The summed E-state index contributed by atoms with van der Waals surface area (Å²) in [5, 5.41) is 10.1. The molecule has 0 radical (unpaired) electrons. The molecule has 1 saturated heterocycles. The van der Waals surface area contributed by atoms with Crippen LogP contribution in [0, 0.1) is 13.8 Å². The molecule has 3 rings (SSSR count). The van der Waals surface area contributed by atoms with Crippen molar-refractivity contribution in [3.8, 4) is 0 Å². The zero-order valence-corrected chi connectivity index (χ0v) is 15.1. The van der Waals surface area contributed by atoms with Gasteiger partial charge in [-0.15, -0.1) is 0 Å². The van der Waals surface area contributed by atoms with Crippen molar-refractivity contribution in [1.82, 2.24) is 15.1 Å². The summed E-state index contributed by atoms with van der Waals surface area (Å²) >= 11 is 0. The van der Waals surface area contributed by atoms with E-state index in [2.05, 4.69) is 32.5 Å². The number of aromatic amines is 1. The van der Waals surface area contributed by atoms with Crippen LogP contribution in [0.1, 0.15) is 35.4 Å². The molecule has 1 aliphatic heterocycles. The summed E-state index contributed by atoms with van der Waals surface area (Å²) in [6.07, 6.45) is 0. The Balaban J connectivity index is 1.60. The maximum atomic E-state index is 12.5. The van der Waals surface area contributed by atoms with Gasteiger partial charge in [-0.25, -0.2) is 0 Å². The van der Waals surface area contributed by atoms with Gasteiger partial charge in [0, 0.05) is 36.6 Å². The minimum atomic E-state index is -0.244. The van der Waals surface area contributed by atoms with Crippen molar-refractivity contribution in [2.75, 3.05) is 31.6 Å². The second-order valence-electron chi connectivity index (χ2n) is 6.64. The fourth-order valence-corrected chi connectivity index (χ4v) is 3.29. The fraction of sp³-hybridized carbons (Fsp3) is 0.474. The van der Waals surface area contributed by atoms with Crippen LogP contribution in [0.3, 0.4) is 0 Å². The van der Waals surface area contributed by atoms with Crippen LogP contribution in [0.25, 0.3) is 0 Å². The first-order chi connectivity index (χ1) is 12.0. The van der Waals surface area contributed by atoms with E-state index in [1.165, 1.54) is 5.56 Å². The SMILES string of the molecule is Cc1n[nH]c(C)c1C(C)C(=O)Nc1ccc(CN2CCOCC2)cc1. The summed E-state index contributed by atoms with van der Waals surface area (Å²) in [4.78, 5) is 14.9. The van der Waals surface area contributed by atoms with Gasteiger partial charge in [0.2, 0.25) is 5.91 Å². The Morgan fingerprint density at radius 2 is 1.96 bits per heavy atom. The molecule has 1 fully saturated rings. The number of H-pyrrole nitrogens is 1. The number of nitrogens with one attached hydrogen (secondary N) is 2. The number of aryl methyl sites for hydroxylation is 2. The van der Waals surface area contributed by atoms with Gasteiger partial charge in [0.1, 0.15) is 0 Å². The third kappa shape index (κ3) is 4.27. The van der Waals surface area contributed by atoms with Gasteiger partial charge in [-0.1, -0.05) is 12.1 Å². The molecule has 25 heavy (non-hydrogen) atoms. The summed E-state index contributed by atoms with van der Waals surface area (Å²) in [6, 6.07) is 8.08. The highest BCUT2D eigenvalue weighted by atomic mass is 16.5. The van der Waals surface area contributed by atoms with Crippen LogP contribution < -0.4 is 5.32 Å². The Hall–Kier alpha value is -2.18. The van der Waals surface area contributed by atoms with Crippen LogP contribution in [0.4, 0.5) is 5.69 Å². The van der Waals surface area contributed by atoms with Crippen LogP contribution in [-0.2, 0) is 16.1 Å². The topological polar surface area (TPSA) is 70.2 Å². The number of carbonyl (C=O) groups excluding carboxylic acids is 1. The number of amides is 1. The Morgan fingerprint density at radius 3 is 2.56 bits per heavy atom. The number of benzene rings is 1. The van der Waals surface area contributed by atoms with E-state index in [-0.39, 0.29) is 11.8 Å². The Bertz CT molecular complexity index is 698. The van der Waals surface area contributed by atoms with E-state index in [0.717, 1.165) is 55.5 Å². The zero-order chi connectivity index (χ0) is 17.8. The number of hydrogen-bond acceptors (Lipinski definition) is 4. The molecular formula is C19H26N4O2. The van der Waals surface area contributed by atoms with Crippen molar-refractivity contribution in [3.05, 3.63) is 46.8 Å². The van der Waals surface area contributed by atoms with E-state index >= 15 is 0 Å². The smallest absolute Gasteiger partial charge is 0.231 e. The number of aromatic nitrogens is 2. The molecule has 2 N–H and O–H groups in total. The average Bonchev–Trinajstić information content (AvgIpc) is 2.95. The van der Waals surface area contributed by atoms with Gasteiger partial charge in [0.05, 0.1) is 24.8 Å². The summed E-state index contributed by atoms with van der Waals surface area (Å²) < 4.78 is 5.37. The molecule has 1 atom stereocenters. The lowest BCUT2D eigenvalue weighted by Gasteiger charge is -2.26. The summed E-state index contributed by atoms with van der Waals surface area (Å²) in [6.45, 7) is 10.2. The molecule has 1 amide bonds. The van der Waals surface area contributed by atoms with Crippen molar-refractivity contribution in [2.45, 2.75) is 33.2 Å². The monoisotopic (exact) mass is 342 g/mol. The number of anilines is 1. The molecule has 1 unspecified atom stereocenters. The zero-order valence-electron chi connectivity index (χ0n) is 15.1. The number of ether oxygens (including phenoxy) is 1. The summed E-state index contributed by atoms with van der Waals surface area (Å²) in [7, 11) is 0. The minimum Gasteiger partial charge on any atom is -0.379 e. The van der Waals surface area contributed by atoms with Crippen LogP contribution in [0.15, 0.2) is 24.3 Å². The molecule has 134 valence electrons. The summed E-state index contributed by atoms with van der Waals surface area (Å²) in [5.41, 5.74) is 4.86. The van der Waals surface area contributed by atoms with E-state index in [1.54, 1.807) is 0 Å². The molecule has 6 heteroatoms. The predicted octanol–water partition coefficient (Wildman–Crippen LogP) is 2.60. The predicted molar refractivity (Wildman–Crippen MR) is 97.6 cm³/mol. The van der Waals surface area contributed by atoms with Crippen molar-refractivity contribution in [3.63, 3.8) is 0 Å². The van der Waals surface area contributed by atoms with E-state index in [0.29, 0.717) is 0 Å². The number of carbonyl (C=O) groups is 1. The Morgan fingerprint density at radius 1 is 1.28 bits per heavy atom. The lowest BCUT2D eigenvalue weighted by molar-refractivity contribution is -0.117. The van der Waals surface area contributed by atoms with E-state index in [4.69, 9.17) is 4.74 Å². The van der Waals surface area contributed by atoms with Gasteiger partial charge < -0.3 is 10.1 Å². The van der Waals surface area contributed by atoms with Gasteiger partial charge in [-0.2, -0.15) is 5.10 Å². The lowest BCUT2D eigenvalue weighted by atomic mass is 9.98. The Kier molecular flexibility index (Phi) is 5.50. The molecule has 1 aromatic heterocycles. The van der Waals surface area contributed by atoms with Crippen molar-refractivity contribution in [1.29, 1.82) is 0 Å². The quantitative estimate of drug-likeness (QED) is 0.876. The number of morpholine rings is 1. The molecule has 6 nitrogen and oxygen atoms in total. The van der Waals surface area contributed by atoms with Gasteiger partial charge in [0.25, 0.3) is 0 Å². The highest BCUT2D eigenvalue weighted by Crippen LogP contribution is 2.23. The van der Waals surface area contributed by atoms with Crippen LogP contribution in [0.2, 0.25) is 0 Å². The number of hydrogen-bond donors (Lipinski definition) is 2. The molecule has 1 aliphatic rings. The largest absolute Gasteiger partial charge is 0.379 e. The van der Waals surface area contributed by atoms with Gasteiger partial charge >= 0.3 is 0 Å². The maximum absolute atomic E-state index is 12.5. The number of nitrogens with zero attached hydrogens (tertiary/aromatic N) is 2. The third-order valence-corrected chi connectivity index (χ3v) is 4.74. The molecular weight excluding hydrogens is 316 g/mol. The first kappa shape index (κ1) is 17.6. The normalized spacial score (nSPS) is 16.6. The molecule has 1 aromatic carbocycles. The highest BCUT2D eigenvalue weighted by molar-refractivity contribution is 5.95. The lowest BCUT2D eigenvalue weighted by Crippen LogP contribution is -2.35. The second kappa shape index (κ2) is 7.80. The first-order valence-corrected chi connectivity index (χ1v) is 8.76. The fourth-order valence-electron chi connectivity index (χ4n) is 3.29. The molecule has 0 saturated carbocycles. The van der Waals surface area contributed by atoms with Crippen LogP contribution >= 0.6 is 0 Å². The second-order valence-corrected chi connectivity index (χ2v) is 6.64. The van der Waals surface area contributed by atoms with E-state index in [1.807, 2.05) is 32.9 Å². The average molecular weight is 342 g/mol. The van der Waals surface area contributed by atoms with Crippen LogP contribution in [-0.4, -0.2) is 47.3 Å². The van der Waals surface area contributed by atoms with Gasteiger partial charge in [-0.05, 0) is 38.5 Å². The molecule has 2 aromatic rings. The van der Waals surface area contributed by atoms with Gasteiger partial charge in [-0.3, -0.25) is 14.8 Å². The van der Waals surface area contributed by atoms with E-state index in [9.17, 15) is 4.79 Å². The van der Waals surface area contributed by atoms with Crippen LogP contribution in [0.5, 0.6) is 0 Å². The van der Waals surface area contributed by atoms with Gasteiger partial charge in [0.15, 0.2) is 0 Å². The molecule has 0 aliphatic carbocycles. The molecule has 2 heterocycles.